The first kappa shape index (κ1) is 11.6. The molecule has 3 aromatic rings. The van der Waals surface area contributed by atoms with Crippen LogP contribution in [-0.4, -0.2) is 14.5 Å². The summed E-state index contributed by atoms with van der Waals surface area (Å²) in [6.45, 7) is 0.570. The van der Waals surface area contributed by atoms with E-state index in [9.17, 15) is 0 Å². The Labute approximate surface area is 117 Å². The molecule has 100 valence electrons. The van der Waals surface area contributed by atoms with Gasteiger partial charge in [-0.15, -0.1) is 0 Å². The van der Waals surface area contributed by atoms with Gasteiger partial charge in [0.1, 0.15) is 11.3 Å². The van der Waals surface area contributed by atoms with Crippen molar-refractivity contribution < 1.29 is 0 Å². The third kappa shape index (κ3) is 1.80. The predicted molar refractivity (Wildman–Crippen MR) is 79.1 cm³/mol. The van der Waals surface area contributed by atoms with E-state index in [2.05, 4.69) is 33.8 Å². The molecule has 0 spiro atoms. The van der Waals surface area contributed by atoms with Crippen LogP contribution in [0.2, 0.25) is 0 Å². The highest BCUT2D eigenvalue weighted by Crippen LogP contribution is 2.40. The van der Waals surface area contributed by atoms with E-state index in [0.717, 1.165) is 28.1 Å². The molecule has 0 amide bonds. The van der Waals surface area contributed by atoms with Gasteiger partial charge in [-0.2, -0.15) is 0 Å². The minimum absolute atomic E-state index is 0.555. The van der Waals surface area contributed by atoms with Gasteiger partial charge in [-0.25, -0.2) is 9.97 Å². The number of aromatic nitrogens is 3. The smallest absolute Gasteiger partial charge is 0.160 e. The molecule has 0 saturated heterocycles. The lowest BCUT2D eigenvalue weighted by Crippen LogP contribution is -1.99. The maximum Gasteiger partial charge on any atom is 0.160 e. The highest BCUT2D eigenvalue weighted by Gasteiger charge is 2.29. The first-order chi connectivity index (χ1) is 9.86. The topological polar surface area (TPSA) is 56.7 Å². The van der Waals surface area contributed by atoms with Crippen molar-refractivity contribution in [1.82, 2.24) is 14.5 Å². The Morgan fingerprint density at radius 1 is 1.15 bits per heavy atom. The van der Waals surface area contributed by atoms with Crippen LogP contribution in [0, 0.1) is 0 Å². The van der Waals surface area contributed by atoms with Crippen LogP contribution in [0.15, 0.2) is 42.6 Å². The van der Waals surface area contributed by atoms with Gasteiger partial charge in [-0.1, -0.05) is 24.3 Å². The van der Waals surface area contributed by atoms with Crippen LogP contribution >= 0.6 is 0 Å². The molecule has 2 heterocycles. The van der Waals surface area contributed by atoms with Crippen LogP contribution in [0.3, 0.4) is 0 Å². The first-order valence-electron chi connectivity index (χ1n) is 6.99. The summed E-state index contributed by atoms with van der Waals surface area (Å²) in [4.78, 5) is 9.27. The maximum atomic E-state index is 5.66. The van der Waals surface area contributed by atoms with E-state index in [0.29, 0.717) is 12.6 Å². The molecule has 4 rings (SSSR count). The summed E-state index contributed by atoms with van der Waals surface area (Å²) in [5.41, 5.74) is 9.89. The Bertz CT molecular complexity index is 754. The molecule has 1 fully saturated rings. The number of hydrogen-bond acceptors (Lipinski definition) is 3. The number of imidazole rings is 1. The van der Waals surface area contributed by atoms with Gasteiger partial charge >= 0.3 is 0 Å². The molecule has 0 atom stereocenters. The minimum Gasteiger partial charge on any atom is -0.326 e. The Kier molecular flexibility index (Phi) is 2.57. The summed E-state index contributed by atoms with van der Waals surface area (Å²) in [6.07, 6.45) is 4.27. The summed E-state index contributed by atoms with van der Waals surface area (Å²) in [5, 5.41) is 0. The van der Waals surface area contributed by atoms with Crippen molar-refractivity contribution in [2.45, 2.75) is 25.4 Å². The predicted octanol–water partition coefficient (Wildman–Crippen LogP) is 2.89. The van der Waals surface area contributed by atoms with Crippen LogP contribution in [-0.2, 0) is 6.54 Å². The third-order valence-corrected chi connectivity index (χ3v) is 3.81. The van der Waals surface area contributed by atoms with Crippen molar-refractivity contribution in [2.24, 2.45) is 5.73 Å². The Hall–Kier alpha value is -2.20. The van der Waals surface area contributed by atoms with Crippen LogP contribution in [0.25, 0.3) is 22.6 Å². The van der Waals surface area contributed by atoms with Gasteiger partial charge in [0.2, 0.25) is 0 Å². The molecule has 4 heteroatoms. The summed E-state index contributed by atoms with van der Waals surface area (Å²) >= 11 is 0. The minimum atomic E-state index is 0.555. The molecule has 0 radical (unpaired) electrons. The van der Waals surface area contributed by atoms with E-state index in [1.165, 1.54) is 12.8 Å². The molecule has 20 heavy (non-hydrogen) atoms. The largest absolute Gasteiger partial charge is 0.326 e. The van der Waals surface area contributed by atoms with Crippen molar-refractivity contribution in [3.63, 3.8) is 0 Å². The van der Waals surface area contributed by atoms with Gasteiger partial charge in [0.05, 0.1) is 0 Å². The zero-order valence-corrected chi connectivity index (χ0v) is 11.2. The lowest BCUT2D eigenvalue weighted by molar-refractivity contribution is 0.766. The molecule has 4 nitrogen and oxygen atoms in total. The van der Waals surface area contributed by atoms with Crippen LogP contribution in [0.4, 0.5) is 0 Å². The second kappa shape index (κ2) is 4.42. The molecule has 0 bridgehead atoms. The Morgan fingerprint density at radius 2 is 1.95 bits per heavy atom. The average Bonchev–Trinajstić information content (AvgIpc) is 3.27. The quantitative estimate of drug-likeness (QED) is 0.791. The molecule has 2 N–H and O–H groups in total. The second-order valence-electron chi connectivity index (χ2n) is 5.28. The monoisotopic (exact) mass is 264 g/mol. The van der Waals surface area contributed by atoms with E-state index in [-0.39, 0.29) is 0 Å². The summed E-state index contributed by atoms with van der Waals surface area (Å²) in [6, 6.07) is 12.9. The average molecular weight is 264 g/mol. The standard InChI is InChI=1S/C16H16N4/c17-10-11-3-5-12(6-4-11)15-19-14-2-1-9-18-16(14)20(15)13-7-8-13/h1-6,9,13H,7-8,10,17H2. The molecule has 1 aliphatic carbocycles. The van der Waals surface area contributed by atoms with Crippen molar-refractivity contribution in [1.29, 1.82) is 0 Å². The fraction of sp³-hybridized carbons (Fsp3) is 0.250. The van der Waals surface area contributed by atoms with Gasteiger partial charge in [-0.05, 0) is 30.5 Å². The lowest BCUT2D eigenvalue weighted by Gasteiger charge is -2.07. The van der Waals surface area contributed by atoms with Gasteiger partial charge in [0, 0.05) is 24.3 Å². The number of hydrogen-bond donors (Lipinski definition) is 1. The van der Waals surface area contributed by atoms with Gasteiger partial charge in [-0.3, -0.25) is 0 Å². The van der Waals surface area contributed by atoms with E-state index >= 15 is 0 Å². The highest BCUT2D eigenvalue weighted by atomic mass is 15.2. The highest BCUT2D eigenvalue weighted by molar-refractivity contribution is 5.77. The molecule has 2 aromatic heterocycles. The van der Waals surface area contributed by atoms with Gasteiger partial charge in [0.25, 0.3) is 0 Å². The second-order valence-corrected chi connectivity index (χ2v) is 5.28. The number of benzene rings is 1. The van der Waals surface area contributed by atoms with Crippen molar-refractivity contribution in [3.05, 3.63) is 48.2 Å². The van der Waals surface area contributed by atoms with Gasteiger partial charge < -0.3 is 10.3 Å². The fourth-order valence-corrected chi connectivity index (χ4v) is 2.60. The zero-order valence-electron chi connectivity index (χ0n) is 11.2. The zero-order chi connectivity index (χ0) is 13.5. The molecule has 1 saturated carbocycles. The SMILES string of the molecule is NCc1ccc(-c2nc3cccnc3n2C2CC2)cc1. The van der Waals surface area contributed by atoms with Crippen LogP contribution in [0.1, 0.15) is 24.4 Å². The third-order valence-electron chi connectivity index (χ3n) is 3.81. The molecular formula is C16H16N4. The molecule has 0 unspecified atom stereocenters. The summed E-state index contributed by atoms with van der Waals surface area (Å²) < 4.78 is 2.28. The molecule has 1 aromatic carbocycles. The molecule has 0 aliphatic heterocycles. The van der Waals surface area contributed by atoms with Crippen LogP contribution < -0.4 is 5.73 Å². The molecular weight excluding hydrogens is 248 g/mol. The number of nitrogens with two attached hydrogens (primary N) is 1. The van der Waals surface area contributed by atoms with Gasteiger partial charge in [0.15, 0.2) is 5.65 Å². The van der Waals surface area contributed by atoms with E-state index in [4.69, 9.17) is 10.7 Å². The molecule has 1 aliphatic rings. The van der Waals surface area contributed by atoms with Crippen molar-refractivity contribution in [3.8, 4) is 11.4 Å². The fourth-order valence-electron chi connectivity index (χ4n) is 2.60. The first-order valence-corrected chi connectivity index (χ1v) is 6.99. The van der Waals surface area contributed by atoms with Crippen LogP contribution in [0.5, 0.6) is 0 Å². The normalized spacial score (nSPS) is 14.8. The summed E-state index contributed by atoms with van der Waals surface area (Å²) in [5.74, 6) is 1.02. The Morgan fingerprint density at radius 3 is 2.65 bits per heavy atom. The van der Waals surface area contributed by atoms with Crippen molar-refractivity contribution >= 4 is 11.2 Å². The van der Waals surface area contributed by atoms with E-state index in [1.807, 2.05) is 18.3 Å². The Balaban J connectivity index is 1.91. The lowest BCUT2D eigenvalue weighted by atomic mass is 10.1. The number of rotatable bonds is 3. The van der Waals surface area contributed by atoms with Crippen molar-refractivity contribution in [2.75, 3.05) is 0 Å². The number of pyridine rings is 1. The number of fused-ring (bicyclic) bond motifs is 1. The number of nitrogens with zero attached hydrogens (tertiary/aromatic N) is 3. The summed E-state index contributed by atoms with van der Waals surface area (Å²) in [7, 11) is 0. The maximum absolute atomic E-state index is 5.66. The van der Waals surface area contributed by atoms with E-state index in [1.54, 1.807) is 0 Å². The van der Waals surface area contributed by atoms with E-state index < -0.39 is 0 Å².